The second kappa shape index (κ2) is 11.8. The molecule has 1 saturated heterocycles. The molecule has 0 bridgehead atoms. The molecule has 2 N–H and O–H groups in total. The molecule has 1 heterocycles. The van der Waals surface area contributed by atoms with E-state index in [-0.39, 0.29) is 18.9 Å². The lowest BCUT2D eigenvalue weighted by atomic mass is 10.1. The van der Waals surface area contributed by atoms with Crippen molar-refractivity contribution in [3.63, 3.8) is 0 Å². The van der Waals surface area contributed by atoms with Gasteiger partial charge in [-0.05, 0) is 85.6 Å². The second-order valence-electron chi connectivity index (χ2n) is 8.86. The number of hydrogen-bond acceptors (Lipinski definition) is 6. The Morgan fingerprint density at radius 1 is 0.921 bits per heavy atom. The minimum absolute atomic E-state index is 0.0331. The van der Waals surface area contributed by atoms with Crippen molar-refractivity contribution in [2.75, 3.05) is 18.1 Å². The smallest absolute Gasteiger partial charge is 0.311 e. The number of esters is 1. The van der Waals surface area contributed by atoms with Crippen molar-refractivity contribution < 1.29 is 28.7 Å². The molecule has 0 unspecified atom stereocenters. The van der Waals surface area contributed by atoms with Crippen LogP contribution in [-0.4, -0.2) is 36.8 Å². The number of benzene rings is 3. The van der Waals surface area contributed by atoms with Gasteiger partial charge in [0.05, 0.1) is 5.92 Å². The molecule has 0 aromatic heterocycles. The molecule has 10 heteroatoms. The molecular formula is C28H26ClN3O6. The zero-order valence-electron chi connectivity index (χ0n) is 20.8. The molecule has 196 valence electrons. The molecule has 0 saturated carbocycles. The van der Waals surface area contributed by atoms with Crippen LogP contribution in [0.3, 0.4) is 0 Å². The van der Waals surface area contributed by atoms with Crippen LogP contribution in [0.1, 0.15) is 27.9 Å². The van der Waals surface area contributed by atoms with E-state index in [2.05, 4.69) is 10.9 Å². The van der Waals surface area contributed by atoms with Gasteiger partial charge in [0.25, 0.3) is 11.8 Å². The summed E-state index contributed by atoms with van der Waals surface area (Å²) in [7, 11) is 0. The van der Waals surface area contributed by atoms with E-state index in [1.807, 2.05) is 32.0 Å². The zero-order valence-corrected chi connectivity index (χ0v) is 21.6. The van der Waals surface area contributed by atoms with Crippen molar-refractivity contribution >= 4 is 41.0 Å². The van der Waals surface area contributed by atoms with Crippen molar-refractivity contribution in [3.8, 4) is 11.5 Å². The average Bonchev–Trinajstić information content (AvgIpc) is 3.30. The van der Waals surface area contributed by atoms with E-state index >= 15 is 0 Å². The van der Waals surface area contributed by atoms with Crippen LogP contribution < -0.4 is 20.5 Å². The summed E-state index contributed by atoms with van der Waals surface area (Å²) in [5.41, 5.74) is 7.62. The lowest BCUT2D eigenvalue weighted by Gasteiger charge is -2.17. The zero-order chi connectivity index (χ0) is 27.2. The lowest BCUT2D eigenvalue weighted by Crippen LogP contribution is -2.43. The molecule has 9 nitrogen and oxygen atoms in total. The number of aryl methyl sites for hydroxylation is 2. The fourth-order valence-electron chi connectivity index (χ4n) is 3.81. The Balaban J connectivity index is 1.24. The Labute approximate surface area is 224 Å². The number of halogens is 1. The third-order valence-electron chi connectivity index (χ3n) is 6.09. The van der Waals surface area contributed by atoms with E-state index < -0.39 is 30.3 Å². The number of nitrogens with one attached hydrogen (secondary N) is 2. The highest BCUT2D eigenvalue weighted by molar-refractivity contribution is 6.30. The summed E-state index contributed by atoms with van der Waals surface area (Å²) in [6.07, 6.45) is -0.0331. The van der Waals surface area contributed by atoms with Crippen molar-refractivity contribution in [2.24, 2.45) is 5.92 Å². The summed E-state index contributed by atoms with van der Waals surface area (Å²) in [5.74, 6) is -1.55. The van der Waals surface area contributed by atoms with E-state index in [9.17, 15) is 19.2 Å². The highest BCUT2D eigenvalue weighted by atomic mass is 35.5. The molecule has 0 radical (unpaired) electrons. The van der Waals surface area contributed by atoms with Gasteiger partial charge in [0.2, 0.25) is 5.91 Å². The first kappa shape index (κ1) is 26.7. The summed E-state index contributed by atoms with van der Waals surface area (Å²) in [6.45, 7) is 3.57. The summed E-state index contributed by atoms with van der Waals surface area (Å²) >= 11 is 5.78. The lowest BCUT2D eigenvalue weighted by molar-refractivity contribution is -0.152. The first-order valence-corrected chi connectivity index (χ1v) is 12.2. The van der Waals surface area contributed by atoms with E-state index in [4.69, 9.17) is 21.1 Å². The Morgan fingerprint density at radius 3 is 2.29 bits per heavy atom. The molecule has 1 fully saturated rings. The highest BCUT2D eigenvalue weighted by Gasteiger charge is 2.36. The molecule has 1 aliphatic heterocycles. The van der Waals surface area contributed by atoms with E-state index in [0.717, 1.165) is 11.3 Å². The Morgan fingerprint density at radius 2 is 1.61 bits per heavy atom. The second-order valence-corrected chi connectivity index (χ2v) is 9.30. The number of anilines is 1. The molecular weight excluding hydrogens is 510 g/mol. The molecule has 0 aliphatic carbocycles. The number of rotatable bonds is 7. The number of carbonyl (C=O) groups is 4. The number of amides is 3. The SMILES string of the molecule is Cc1ccc(Oc2ccc(N3C[C@H](C(=O)OCC(=O)NNC(=O)c4ccc(Cl)cc4)CC3=O)cc2)cc1C. The van der Waals surface area contributed by atoms with Gasteiger partial charge in [-0.25, -0.2) is 0 Å². The van der Waals surface area contributed by atoms with Crippen LogP contribution in [0.5, 0.6) is 11.5 Å². The van der Waals surface area contributed by atoms with E-state index in [0.29, 0.717) is 22.0 Å². The van der Waals surface area contributed by atoms with E-state index in [1.54, 1.807) is 36.4 Å². The monoisotopic (exact) mass is 535 g/mol. The standard InChI is InChI=1S/C28H26ClN3O6/c1-17-3-10-24(13-18(17)2)38-23-11-8-22(9-12-23)32-15-20(14-26(32)34)28(36)37-16-25(33)30-31-27(35)19-4-6-21(29)7-5-19/h3-13,20H,14-16H2,1-2H3,(H,30,33)(H,31,35)/t20-/m1/s1. The number of carbonyl (C=O) groups excluding carboxylic acids is 4. The fourth-order valence-corrected chi connectivity index (χ4v) is 3.94. The van der Waals surface area contributed by atoms with Crippen molar-refractivity contribution in [3.05, 3.63) is 88.4 Å². The Bertz CT molecular complexity index is 1360. The molecule has 38 heavy (non-hydrogen) atoms. The third kappa shape index (κ3) is 6.68. The minimum atomic E-state index is -0.721. The van der Waals surface area contributed by atoms with Crippen LogP contribution in [0.2, 0.25) is 5.02 Å². The minimum Gasteiger partial charge on any atom is -0.457 e. The van der Waals surface area contributed by atoms with Gasteiger partial charge in [-0.1, -0.05) is 17.7 Å². The van der Waals surface area contributed by atoms with Gasteiger partial charge >= 0.3 is 5.97 Å². The van der Waals surface area contributed by atoms with Crippen molar-refractivity contribution in [1.29, 1.82) is 0 Å². The normalized spacial score (nSPS) is 14.7. The Kier molecular flexibility index (Phi) is 8.28. The Hall–Kier alpha value is -4.37. The van der Waals surface area contributed by atoms with Crippen LogP contribution in [0.4, 0.5) is 5.69 Å². The first-order valence-electron chi connectivity index (χ1n) is 11.9. The van der Waals surface area contributed by atoms with Gasteiger partial charge in [-0.3, -0.25) is 30.0 Å². The van der Waals surface area contributed by atoms with Crippen LogP contribution in [0.15, 0.2) is 66.7 Å². The van der Waals surface area contributed by atoms with Gasteiger partial charge in [0, 0.05) is 29.2 Å². The fraction of sp³-hybridized carbons (Fsp3) is 0.214. The molecule has 0 spiro atoms. The van der Waals surface area contributed by atoms with Crippen LogP contribution in [0.25, 0.3) is 0 Å². The van der Waals surface area contributed by atoms with Crippen molar-refractivity contribution in [1.82, 2.24) is 10.9 Å². The quantitative estimate of drug-likeness (QED) is 0.348. The van der Waals surface area contributed by atoms with E-state index in [1.165, 1.54) is 22.6 Å². The maximum Gasteiger partial charge on any atom is 0.311 e. The molecule has 3 aromatic carbocycles. The molecule has 3 amide bonds. The summed E-state index contributed by atoms with van der Waals surface area (Å²) in [6, 6.07) is 18.9. The van der Waals surface area contributed by atoms with Gasteiger partial charge < -0.3 is 14.4 Å². The predicted molar refractivity (Wildman–Crippen MR) is 141 cm³/mol. The number of hydrogen-bond donors (Lipinski definition) is 2. The van der Waals surface area contributed by atoms with Crippen LogP contribution in [0, 0.1) is 19.8 Å². The third-order valence-corrected chi connectivity index (χ3v) is 6.34. The van der Waals surface area contributed by atoms with Crippen LogP contribution >= 0.6 is 11.6 Å². The van der Waals surface area contributed by atoms with Gasteiger partial charge in [-0.2, -0.15) is 0 Å². The first-order chi connectivity index (χ1) is 18.2. The number of hydrazine groups is 1. The number of nitrogens with zero attached hydrogens (tertiary/aromatic N) is 1. The highest BCUT2D eigenvalue weighted by Crippen LogP contribution is 2.29. The maximum atomic E-state index is 12.6. The summed E-state index contributed by atoms with van der Waals surface area (Å²) < 4.78 is 10.9. The van der Waals surface area contributed by atoms with Gasteiger partial charge in [0.1, 0.15) is 11.5 Å². The topological polar surface area (TPSA) is 114 Å². The molecule has 1 atom stereocenters. The summed E-state index contributed by atoms with van der Waals surface area (Å²) in [5, 5.41) is 0.473. The van der Waals surface area contributed by atoms with Gasteiger partial charge in [-0.15, -0.1) is 0 Å². The van der Waals surface area contributed by atoms with Gasteiger partial charge in [0.15, 0.2) is 6.61 Å². The van der Waals surface area contributed by atoms with Crippen molar-refractivity contribution in [2.45, 2.75) is 20.3 Å². The largest absolute Gasteiger partial charge is 0.457 e. The van der Waals surface area contributed by atoms with Crippen LogP contribution in [-0.2, 0) is 19.1 Å². The molecule has 3 aromatic rings. The summed E-state index contributed by atoms with van der Waals surface area (Å²) in [4.78, 5) is 50.5. The average molecular weight is 536 g/mol. The maximum absolute atomic E-state index is 12.6. The molecule has 4 rings (SSSR count). The predicted octanol–water partition coefficient (Wildman–Crippen LogP) is 4.11. The molecule has 1 aliphatic rings. The number of ether oxygens (including phenoxy) is 2.